The molecule has 2 amide bonds. The Hall–Kier alpha value is -3.56. The minimum Gasteiger partial charge on any atom is -0.351 e. The van der Waals surface area contributed by atoms with E-state index in [0.717, 1.165) is 5.56 Å². The highest BCUT2D eigenvalue weighted by molar-refractivity contribution is 5.87. The van der Waals surface area contributed by atoms with Crippen molar-refractivity contribution in [2.45, 2.75) is 38.3 Å². The van der Waals surface area contributed by atoms with Crippen molar-refractivity contribution in [1.29, 1.82) is 0 Å². The van der Waals surface area contributed by atoms with Crippen molar-refractivity contribution < 1.29 is 18.9 Å². The van der Waals surface area contributed by atoms with Gasteiger partial charge in [0.1, 0.15) is 11.9 Å². The molecule has 1 aromatic heterocycles. The highest BCUT2D eigenvalue weighted by atomic mass is 19.1. The summed E-state index contributed by atoms with van der Waals surface area (Å²) in [4.78, 5) is 41.1. The van der Waals surface area contributed by atoms with E-state index in [9.17, 15) is 24.1 Å². The quantitative estimate of drug-likeness (QED) is 0.513. The summed E-state index contributed by atoms with van der Waals surface area (Å²) < 4.78 is 13.1. The molecule has 2 aromatic rings. The first-order valence-electron chi connectivity index (χ1n) is 9.99. The van der Waals surface area contributed by atoms with Crippen molar-refractivity contribution in [3.8, 4) is 0 Å². The molecule has 0 aliphatic carbocycles. The summed E-state index contributed by atoms with van der Waals surface area (Å²) in [6, 6.07) is 7.82. The number of nitro groups is 1. The van der Waals surface area contributed by atoms with Crippen LogP contribution >= 0.6 is 0 Å². The number of hydrogen-bond acceptors (Lipinski definition) is 6. The molecule has 1 aliphatic heterocycles. The van der Waals surface area contributed by atoms with Crippen LogP contribution in [0.1, 0.15) is 25.3 Å². The molecule has 9 nitrogen and oxygen atoms in total. The Kier molecular flexibility index (Phi) is 7.11. The number of amides is 2. The van der Waals surface area contributed by atoms with Gasteiger partial charge in [-0.2, -0.15) is 0 Å². The van der Waals surface area contributed by atoms with Crippen molar-refractivity contribution in [3.05, 3.63) is 64.1 Å². The SMILES string of the molecule is CC(=O)N[C@H](Cc1ccc(F)cc1)C(=O)NC1CCN(c2ncccc2[N+](=O)[O-])CC1. The fourth-order valence-electron chi connectivity index (χ4n) is 3.62. The summed E-state index contributed by atoms with van der Waals surface area (Å²) in [5, 5.41) is 16.8. The van der Waals surface area contributed by atoms with Gasteiger partial charge in [-0.3, -0.25) is 19.7 Å². The molecule has 1 aliphatic rings. The molecule has 0 bridgehead atoms. The van der Waals surface area contributed by atoms with Gasteiger partial charge in [-0.15, -0.1) is 0 Å². The van der Waals surface area contributed by atoms with E-state index in [1.165, 1.54) is 37.4 Å². The van der Waals surface area contributed by atoms with Crippen LogP contribution in [-0.4, -0.2) is 46.9 Å². The number of nitrogens with zero attached hydrogens (tertiary/aromatic N) is 3. The molecule has 31 heavy (non-hydrogen) atoms. The molecule has 10 heteroatoms. The minimum atomic E-state index is -0.780. The molecule has 0 spiro atoms. The third-order valence-corrected chi connectivity index (χ3v) is 5.15. The predicted molar refractivity (Wildman–Crippen MR) is 112 cm³/mol. The van der Waals surface area contributed by atoms with Gasteiger partial charge in [0.25, 0.3) is 0 Å². The van der Waals surface area contributed by atoms with Gasteiger partial charge in [0.15, 0.2) is 0 Å². The summed E-state index contributed by atoms with van der Waals surface area (Å²) in [7, 11) is 0. The third kappa shape index (κ3) is 5.97. The second kappa shape index (κ2) is 9.96. The second-order valence-corrected chi connectivity index (χ2v) is 7.46. The standard InChI is InChI=1S/C21H24FN5O4/c1-14(28)24-18(13-15-4-6-16(22)7-5-15)21(29)25-17-8-11-26(12-9-17)20-19(27(30)31)3-2-10-23-20/h2-7,10,17-18H,8-9,11-13H2,1H3,(H,24,28)(H,25,29)/t18-/m1/s1. The van der Waals surface area contributed by atoms with E-state index in [4.69, 9.17) is 0 Å². The maximum atomic E-state index is 13.1. The van der Waals surface area contributed by atoms with Gasteiger partial charge >= 0.3 is 5.69 Å². The monoisotopic (exact) mass is 429 g/mol. The molecule has 0 unspecified atom stereocenters. The summed E-state index contributed by atoms with van der Waals surface area (Å²) in [5.74, 6) is -0.699. The number of nitrogens with one attached hydrogen (secondary N) is 2. The zero-order chi connectivity index (χ0) is 22.4. The first kappa shape index (κ1) is 22.1. The van der Waals surface area contributed by atoms with Gasteiger partial charge < -0.3 is 15.5 Å². The van der Waals surface area contributed by atoms with Crippen molar-refractivity contribution in [2.24, 2.45) is 0 Å². The van der Waals surface area contributed by atoms with Crippen LogP contribution in [-0.2, 0) is 16.0 Å². The van der Waals surface area contributed by atoms with E-state index in [1.54, 1.807) is 12.1 Å². The molecule has 164 valence electrons. The maximum Gasteiger partial charge on any atom is 0.311 e. The van der Waals surface area contributed by atoms with E-state index >= 15 is 0 Å². The van der Waals surface area contributed by atoms with Gasteiger partial charge in [0, 0.05) is 44.7 Å². The number of hydrogen-bond donors (Lipinski definition) is 2. The molecule has 1 atom stereocenters. The van der Waals surface area contributed by atoms with Crippen LogP contribution in [0.2, 0.25) is 0 Å². The number of carbonyl (C=O) groups excluding carboxylic acids is 2. The number of aromatic nitrogens is 1. The number of piperidine rings is 1. The number of halogens is 1. The van der Waals surface area contributed by atoms with Crippen LogP contribution in [0.3, 0.4) is 0 Å². The van der Waals surface area contributed by atoms with Crippen LogP contribution in [0.5, 0.6) is 0 Å². The smallest absolute Gasteiger partial charge is 0.311 e. The van der Waals surface area contributed by atoms with Crippen molar-refractivity contribution in [2.75, 3.05) is 18.0 Å². The zero-order valence-corrected chi connectivity index (χ0v) is 17.1. The predicted octanol–water partition coefficient (Wildman–Crippen LogP) is 1.96. The lowest BCUT2D eigenvalue weighted by atomic mass is 10.0. The fourth-order valence-corrected chi connectivity index (χ4v) is 3.62. The summed E-state index contributed by atoms with van der Waals surface area (Å²) in [6.07, 6.45) is 2.93. The highest BCUT2D eigenvalue weighted by Crippen LogP contribution is 2.27. The van der Waals surface area contributed by atoms with Crippen molar-refractivity contribution in [1.82, 2.24) is 15.6 Å². The van der Waals surface area contributed by atoms with E-state index in [-0.39, 0.29) is 35.8 Å². The number of rotatable bonds is 7. The average Bonchev–Trinajstić information content (AvgIpc) is 2.75. The summed E-state index contributed by atoms with van der Waals surface area (Å²) in [5.41, 5.74) is 0.683. The van der Waals surface area contributed by atoms with E-state index in [0.29, 0.717) is 31.7 Å². The number of carbonyl (C=O) groups is 2. The lowest BCUT2D eigenvalue weighted by Crippen LogP contribution is -2.52. The van der Waals surface area contributed by atoms with Gasteiger partial charge in [-0.25, -0.2) is 9.37 Å². The number of anilines is 1. The van der Waals surface area contributed by atoms with E-state index < -0.39 is 11.0 Å². The van der Waals surface area contributed by atoms with Crippen LogP contribution in [0, 0.1) is 15.9 Å². The molecular weight excluding hydrogens is 405 g/mol. The Morgan fingerprint density at radius 2 is 1.94 bits per heavy atom. The zero-order valence-electron chi connectivity index (χ0n) is 17.1. The molecular formula is C21H24FN5O4. The second-order valence-electron chi connectivity index (χ2n) is 7.46. The van der Waals surface area contributed by atoms with Crippen LogP contribution in [0.15, 0.2) is 42.6 Å². The van der Waals surface area contributed by atoms with Crippen molar-refractivity contribution in [3.63, 3.8) is 0 Å². The molecule has 1 saturated heterocycles. The average molecular weight is 429 g/mol. The minimum absolute atomic E-state index is 0.0463. The molecule has 2 heterocycles. The lowest BCUT2D eigenvalue weighted by molar-refractivity contribution is -0.384. The summed E-state index contributed by atoms with van der Waals surface area (Å²) >= 11 is 0. The molecule has 0 saturated carbocycles. The molecule has 2 N–H and O–H groups in total. The Labute approximate surface area is 178 Å². The van der Waals surface area contributed by atoms with Gasteiger partial charge in [-0.1, -0.05) is 12.1 Å². The Bertz CT molecular complexity index is 945. The van der Waals surface area contributed by atoms with Crippen LogP contribution < -0.4 is 15.5 Å². The molecule has 1 fully saturated rings. The van der Waals surface area contributed by atoms with Gasteiger partial charge in [0.2, 0.25) is 17.6 Å². The van der Waals surface area contributed by atoms with Crippen molar-refractivity contribution >= 4 is 23.3 Å². The number of benzene rings is 1. The van der Waals surface area contributed by atoms with Crippen LogP contribution in [0.25, 0.3) is 0 Å². The third-order valence-electron chi connectivity index (χ3n) is 5.15. The van der Waals surface area contributed by atoms with E-state index in [1.807, 2.05) is 4.90 Å². The normalized spacial score (nSPS) is 15.2. The van der Waals surface area contributed by atoms with E-state index in [2.05, 4.69) is 15.6 Å². The highest BCUT2D eigenvalue weighted by Gasteiger charge is 2.28. The fraction of sp³-hybridized carbons (Fsp3) is 0.381. The molecule has 3 rings (SSSR count). The first-order chi connectivity index (χ1) is 14.8. The number of pyridine rings is 1. The first-order valence-corrected chi connectivity index (χ1v) is 9.99. The lowest BCUT2D eigenvalue weighted by Gasteiger charge is -2.33. The summed E-state index contributed by atoms with van der Waals surface area (Å²) in [6.45, 7) is 2.35. The van der Waals surface area contributed by atoms with Gasteiger partial charge in [-0.05, 0) is 36.6 Å². The Morgan fingerprint density at radius 1 is 1.26 bits per heavy atom. The van der Waals surface area contributed by atoms with Gasteiger partial charge in [0.05, 0.1) is 4.92 Å². The largest absolute Gasteiger partial charge is 0.351 e. The Balaban J connectivity index is 1.60. The topological polar surface area (TPSA) is 117 Å². The maximum absolute atomic E-state index is 13.1. The van der Waals surface area contributed by atoms with Crippen LogP contribution in [0.4, 0.5) is 15.9 Å². The molecule has 1 aromatic carbocycles. The Morgan fingerprint density at radius 3 is 2.55 bits per heavy atom. The molecule has 0 radical (unpaired) electrons.